The van der Waals surface area contributed by atoms with Crippen molar-refractivity contribution >= 4 is 0 Å². The van der Waals surface area contributed by atoms with Crippen LogP contribution in [0.4, 0.5) is 0 Å². The molecule has 17 heavy (non-hydrogen) atoms. The van der Waals surface area contributed by atoms with Gasteiger partial charge in [-0.25, -0.2) is 0 Å². The van der Waals surface area contributed by atoms with Crippen molar-refractivity contribution in [3.8, 4) is 0 Å². The monoisotopic (exact) mass is 235 g/mol. The maximum atomic E-state index is 6.23. The number of rotatable bonds is 5. The molecule has 1 atom stereocenters. The number of nitrogens with two attached hydrogens (primary N) is 1. The summed E-state index contributed by atoms with van der Waals surface area (Å²) in [5, 5.41) is 4.29. The van der Waals surface area contributed by atoms with Crippen LogP contribution in [0.25, 0.3) is 0 Å². The van der Waals surface area contributed by atoms with Crippen LogP contribution >= 0.6 is 0 Å². The van der Waals surface area contributed by atoms with Crippen molar-refractivity contribution in [1.82, 2.24) is 9.78 Å². The zero-order valence-corrected chi connectivity index (χ0v) is 10.9. The summed E-state index contributed by atoms with van der Waals surface area (Å²) < 4.78 is 1.95. The van der Waals surface area contributed by atoms with E-state index in [1.807, 2.05) is 10.9 Å². The van der Waals surface area contributed by atoms with Gasteiger partial charge in [0.15, 0.2) is 0 Å². The Morgan fingerprint density at radius 1 is 1.41 bits per heavy atom. The second kappa shape index (κ2) is 6.20. The molecule has 0 saturated heterocycles. The van der Waals surface area contributed by atoms with Crippen LogP contribution < -0.4 is 5.73 Å². The highest BCUT2D eigenvalue weighted by molar-refractivity contribution is 5.09. The third-order valence-corrected chi connectivity index (χ3v) is 4.02. The molecule has 1 heterocycles. The molecule has 1 saturated carbocycles. The minimum Gasteiger partial charge on any atom is -0.324 e. The zero-order chi connectivity index (χ0) is 12.1. The lowest BCUT2D eigenvalue weighted by Crippen LogP contribution is -2.13. The molecule has 2 rings (SSSR count). The van der Waals surface area contributed by atoms with E-state index in [4.69, 9.17) is 5.73 Å². The van der Waals surface area contributed by atoms with E-state index < -0.39 is 0 Å². The Balaban J connectivity index is 1.77. The first kappa shape index (κ1) is 12.6. The van der Waals surface area contributed by atoms with E-state index in [-0.39, 0.29) is 6.04 Å². The molecule has 1 aliphatic rings. The molecule has 2 N–H and O–H groups in total. The van der Waals surface area contributed by atoms with Gasteiger partial charge in [-0.15, -0.1) is 0 Å². The van der Waals surface area contributed by atoms with E-state index >= 15 is 0 Å². The van der Waals surface area contributed by atoms with Crippen LogP contribution in [0.1, 0.15) is 63.5 Å². The molecule has 0 radical (unpaired) electrons. The van der Waals surface area contributed by atoms with Gasteiger partial charge in [-0.3, -0.25) is 4.68 Å². The van der Waals surface area contributed by atoms with E-state index in [2.05, 4.69) is 18.2 Å². The molecule has 0 amide bonds. The van der Waals surface area contributed by atoms with Gasteiger partial charge in [0.05, 0.1) is 6.20 Å². The molecule has 0 spiro atoms. The van der Waals surface area contributed by atoms with Gasteiger partial charge in [-0.2, -0.15) is 5.10 Å². The largest absolute Gasteiger partial charge is 0.324 e. The first-order valence-electron chi connectivity index (χ1n) is 7.07. The molecule has 1 aromatic heterocycles. The fourth-order valence-corrected chi connectivity index (χ4v) is 2.80. The SMILES string of the molecule is CCn1cc(C(N)CCC2CCCCC2)cn1. The highest BCUT2D eigenvalue weighted by Gasteiger charge is 2.16. The van der Waals surface area contributed by atoms with Crippen molar-refractivity contribution in [2.24, 2.45) is 11.7 Å². The Morgan fingerprint density at radius 2 is 2.18 bits per heavy atom. The number of aromatic nitrogens is 2. The van der Waals surface area contributed by atoms with Crippen molar-refractivity contribution in [2.45, 2.75) is 64.5 Å². The minimum absolute atomic E-state index is 0.178. The van der Waals surface area contributed by atoms with Crippen molar-refractivity contribution in [3.63, 3.8) is 0 Å². The molecular weight excluding hydrogens is 210 g/mol. The second-order valence-electron chi connectivity index (χ2n) is 5.32. The summed E-state index contributed by atoms with van der Waals surface area (Å²) in [6, 6.07) is 0.178. The Labute approximate surface area is 104 Å². The fourth-order valence-electron chi connectivity index (χ4n) is 2.80. The van der Waals surface area contributed by atoms with E-state index in [0.717, 1.165) is 18.9 Å². The lowest BCUT2D eigenvalue weighted by molar-refractivity contribution is 0.324. The van der Waals surface area contributed by atoms with Gasteiger partial charge in [0, 0.05) is 24.3 Å². The van der Waals surface area contributed by atoms with Gasteiger partial charge >= 0.3 is 0 Å². The molecule has 3 nitrogen and oxygen atoms in total. The molecule has 0 aromatic carbocycles. The van der Waals surface area contributed by atoms with Crippen molar-refractivity contribution in [2.75, 3.05) is 0 Å². The first-order chi connectivity index (χ1) is 8.29. The average Bonchev–Trinajstić information content (AvgIpc) is 2.86. The Morgan fingerprint density at radius 3 is 2.82 bits per heavy atom. The van der Waals surface area contributed by atoms with E-state index in [0.29, 0.717) is 0 Å². The standard InChI is InChI=1S/C14H25N3/c1-2-17-11-13(10-16-17)14(15)9-8-12-6-4-3-5-7-12/h10-12,14H,2-9,15H2,1H3. The summed E-state index contributed by atoms with van der Waals surface area (Å²) in [6.45, 7) is 3.03. The van der Waals surface area contributed by atoms with Crippen LogP contribution in [0.3, 0.4) is 0 Å². The fraction of sp³-hybridized carbons (Fsp3) is 0.786. The predicted molar refractivity (Wildman–Crippen MR) is 70.6 cm³/mol. The highest BCUT2D eigenvalue weighted by Crippen LogP contribution is 2.29. The topological polar surface area (TPSA) is 43.8 Å². The van der Waals surface area contributed by atoms with Crippen molar-refractivity contribution in [3.05, 3.63) is 18.0 Å². The normalized spacial score (nSPS) is 19.4. The molecule has 0 aliphatic heterocycles. The quantitative estimate of drug-likeness (QED) is 0.851. The lowest BCUT2D eigenvalue weighted by atomic mass is 9.85. The molecule has 1 unspecified atom stereocenters. The predicted octanol–water partition coefficient (Wildman–Crippen LogP) is 3.26. The number of aryl methyl sites for hydroxylation is 1. The average molecular weight is 235 g/mol. The van der Waals surface area contributed by atoms with Crippen LogP contribution in [0.5, 0.6) is 0 Å². The van der Waals surface area contributed by atoms with Gasteiger partial charge in [0.25, 0.3) is 0 Å². The smallest absolute Gasteiger partial charge is 0.0537 e. The van der Waals surface area contributed by atoms with Crippen molar-refractivity contribution < 1.29 is 0 Å². The van der Waals surface area contributed by atoms with E-state index in [1.165, 1.54) is 44.1 Å². The molecule has 1 fully saturated rings. The summed E-state index contributed by atoms with van der Waals surface area (Å²) in [4.78, 5) is 0. The third-order valence-electron chi connectivity index (χ3n) is 4.02. The Hall–Kier alpha value is -0.830. The van der Waals surface area contributed by atoms with E-state index in [9.17, 15) is 0 Å². The van der Waals surface area contributed by atoms with Gasteiger partial charge in [-0.1, -0.05) is 32.1 Å². The summed E-state index contributed by atoms with van der Waals surface area (Å²) in [7, 11) is 0. The molecule has 1 aromatic rings. The third kappa shape index (κ3) is 3.56. The number of hydrogen-bond acceptors (Lipinski definition) is 2. The maximum absolute atomic E-state index is 6.23. The van der Waals surface area contributed by atoms with Crippen LogP contribution in [-0.4, -0.2) is 9.78 Å². The van der Waals surface area contributed by atoms with E-state index in [1.54, 1.807) is 0 Å². The summed E-state index contributed by atoms with van der Waals surface area (Å²) >= 11 is 0. The highest BCUT2D eigenvalue weighted by atomic mass is 15.3. The Kier molecular flexibility index (Phi) is 4.60. The molecule has 0 bridgehead atoms. The summed E-state index contributed by atoms with van der Waals surface area (Å²) in [5.74, 6) is 0.927. The van der Waals surface area contributed by atoms with Gasteiger partial charge in [0.1, 0.15) is 0 Å². The number of nitrogens with zero attached hydrogens (tertiary/aromatic N) is 2. The van der Waals surface area contributed by atoms with Crippen LogP contribution in [0, 0.1) is 5.92 Å². The molecule has 1 aliphatic carbocycles. The Bertz CT molecular complexity index is 326. The van der Waals surface area contributed by atoms with Gasteiger partial charge in [0.2, 0.25) is 0 Å². The molecular formula is C14H25N3. The van der Waals surface area contributed by atoms with Crippen LogP contribution in [0.2, 0.25) is 0 Å². The van der Waals surface area contributed by atoms with Crippen LogP contribution in [-0.2, 0) is 6.54 Å². The number of hydrogen-bond donors (Lipinski definition) is 1. The molecule has 3 heteroatoms. The second-order valence-corrected chi connectivity index (χ2v) is 5.32. The van der Waals surface area contributed by atoms with Gasteiger partial charge < -0.3 is 5.73 Å². The summed E-state index contributed by atoms with van der Waals surface area (Å²) in [6.07, 6.45) is 13.5. The lowest BCUT2D eigenvalue weighted by Gasteiger charge is -2.22. The van der Waals surface area contributed by atoms with Gasteiger partial charge in [-0.05, 0) is 25.7 Å². The van der Waals surface area contributed by atoms with Crippen molar-refractivity contribution in [1.29, 1.82) is 0 Å². The molecule has 96 valence electrons. The minimum atomic E-state index is 0.178. The summed E-state index contributed by atoms with van der Waals surface area (Å²) in [5.41, 5.74) is 7.42. The first-order valence-corrected chi connectivity index (χ1v) is 7.07. The maximum Gasteiger partial charge on any atom is 0.0537 e. The van der Waals surface area contributed by atoms with Crippen LogP contribution in [0.15, 0.2) is 12.4 Å². The zero-order valence-electron chi connectivity index (χ0n) is 10.9.